The molecule has 1 aromatic carbocycles. The Morgan fingerprint density at radius 1 is 1.35 bits per heavy atom. The van der Waals surface area contributed by atoms with E-state index in [0.29, 0.717) is 11.6 Å². The van der Waals surface area contributed by atoms with Crippen molar-refractivity contribution < 1.29 is 4.79 Å². The van der Waals surface area contributed by atoms with Gasteiger partial charge in [0.2, 0.25) is 0 Å². The van der Waals surface area contributed by atoms with Crippen LogP contribution in [0.1, 0.15) is 37.7 Å². The molecule has 0 heterocycles. The lowest BCUT2D eigenvalue weighted by atomic mass is 10.0. The first-order valence-corrected chi connectivity index (χ1v) is 7.77. The van der Waals surface area contributed by atoms with Gasteiger partial charge >= 0.3 is 6.03 Å². The maximum absolute atomic E-state index is 12.0. The highest BCUT2D eigenvalue weighted by Crippen LogP contribution is 2.26. The van der Waals surface area contributed by atoms with Gasteiger partial charge in [0.05, 0.1) is 0 Å². The second-order valence-corrected chi connectivity index (χ2v) is 6.03. The summed E-state index contributed by atoms with van der Waals surface area (Å²) in [4.78, 5) is 13.7. The Bertz CT molecular complexity index is 444. The zero-order valence-corrected chi connectivity index (χ0v) is 12.8. The number of nitrogens with zero attached hydrogens (tertiary/aromatic N) is 1. The first-order chi connectivity index (χ1) is 9.66. The lowest BCUT2D eigenvalue weighted by Gasteiger charge is -2.19. The number of carbonyl (C=O) groups is 1. The minimum Gasteiger partial charge on any atom is -0.338 e. The van der Waals surface area contributed by atoms with Crippen LogP contribution in [-0.4, -0.2) is 24.5 Å². The van der Waals surface area contributed by atoms with E-state index in [0.717, 1.165) is 24.4 Å². The van der Waals surface area contributed by atoms with Gasteiger partial charge in [-0.1, -0.05) is 55.5 Å². The van der Waals surface area contributed by atoms with E-state index < -0.39 is 0 Å². The molecule has 0 bridgehead atoms. The molecule has 1 aliphatic rings. The molecule has 20 heavy (non-hydrogen) atoms. The number of hydrogen-bond donors (Lipinski definition) is 1. The van der Waals surface area contributed by atoms with Crippen molar-refractivity contribution in [1.82, 2.24) is 10.2 Å². The molecule has 0 saturated heterocycles. The number of nitrogens with one attached hydrogen (secondary N) is 1. The van der Waals surface area contributed by atoms with Gasteiger partial charge in [0.15, 0.2) is 0 Å². The van der Waals surface area contributed by atoms with E-state index >= 15 is 0 Å². The standard InChI is InChI=1S/C16H23ClN2O/c1-19(12-14-8-4-5-9-15(14)17)16(20)18-11-10-13-6-2-3-7-13/h4-5,8-9,13H,2-3,6-7,10-12H2,1H3,(H,18,20). The third-order valence-corrected chi connectivity index (χ3v) is 4.38. The third-order valence-electron chi connectivity index (χ3n) is 4.02. The van der Waals surface area contributed by atoms with Crippen molar-refractivity contribution >= 4 is 17.6 Å². The fourth-order valence-corrected chi connectivity index (χ4v) is 2.97. The fourth-order valence-electron chi connectivity index (χ4n) is 2.77. The summed E-state index contributed by atoms with van der Waals surface area (Å²) in [5, 5.41) is 3.70. The van der Waals surface area contributed by atoms with Crippen molar-refractivity contribution in [1.29, 1.82) is 0 Å². The van der Waals surface area contributed by atoms with Gasteiger partial charge < -0.3 is 10.2 Å². The molecule has 0 aliphatic heterocycles. The smallest absolute Gasteiger partial charge is 0.317 e. The first kappa shape index (κ1) is 15.2. The summed E-state index contributed by atoms with van der Waals surface area (Å²) >= 11 is 6.11. The lowest BCUT2D eigenvalue weighted by molar-refractivity contribution is 0.206. The number of benzene rings is 1. The summed E-state index contributed by atoms with van der Waals surface area (Å²) in [6.07, 6.45) is 6.46. The van der Waals surface area contributed by atoms with Gasteiger partial charge in [-0.2, -0.15) is 0 Å². The summed E-state index contributed by atoms with van der Waals surface area (Å²) in [5.74, 6) is 0.809. The van der Waals surface area contributed by atoms with Gasteiger partial charge in [-0.15, -0.1) is 0 Å². The number of rotatable bonds is 5. The van der Waals surface area contributed by atoms with Crippen molar-refractivity contribution in [2.75, 3.05) is 13.6 Å². The highest BCUT2D eigenvalue weighted by molar-refractivity contribution is 6.31. The molecule has 3 nitrogen and oxygen atoms in total. The van der Waals surface area contributed by atoms with Crippen LogP contribution in [0.3, 0.4) is 0 Å². The summed E-state index contributed by atoms with van der Waals surface area (Å²) in [6, 6.07) is 7.61. The molecule has 2 rings (SSSR count). The minimum atomic E-state index is -0.0251. The quantitative estimate of drug-likeness (QED) is 0.872. The van der Waals surface area contributed by atoms with Gasteiger partial charge in [0.1, 0.15) is 0 Å². The Balaban J connectivity index is 1.73. The Morgan fingerprint density at radius 2 is 2.05 bits per heavy atom. The zero-order valence-electron chi connectivity index (χ0n) is 12.1. The zero-order chi connectivity index (χ0) is 14.4. The first-order valence-electron chi connectivity index (χ1n) is 7.39. The van der Waals surface area contributed by atoms with Crippen LogP contribution in [0.2, 0.25) is 5.02 Å². The average molecular weight is 295 g/mol. The van der Waals surface area contributed by atoms with E-state index in [9.17, 15) is 4.79 Å². The molecule has 4 heteroatoms. The summed E-state index contributed by atoms with van der Waals surface area (Å²) in [7, 11) is 1.80. The molecular formula is C16H23ClN2O. The molecule has 1 N–H and O–H groups in total. The molecule has 1 aromatic rings. The fraction of sp³-hybridized carbons (Fsp3) is 0.562. The Labute approximate surface area is 126 Å². The van der Waals surface area contributed by atoms with Gasteiger partial charge in [0.25, 0.3) is 0 Å². The highest BCUT2D eigenvalue weighted by Gasteiger charge is 2.15. The lowest BCUT2D eigenvalue weighted by Crippen LogP contribution is -2.37. The molecule has 0 spiro atoms. The van der Waals surface area contributed by atoms with Crippen LogP contribution < -0.4 is 5.32 Å². The number of amides is 2. The SMILES string of the molecule is CN(Cc1ccccc1Cl)C(=O)NCCC1CCCC1. The highest BCUT2D eigenvalue weighted by atomic mass is 35.5. The van der Waals surface area contributed by atoms with Crippen LogP contribution in [0.25, 0.3) is 0 Å². The molecule has 1 fully saturated rings. The summed E-state index contributed by atoms with van der Waals surface area (Å²) in [5.41, 5.74) is 0.975. The maximum Gasteiger partial charge on any atom is 0.317 e. The van der Waals surface area contributed by atoms with Crippen molar-refractivity contribution in [3.8, 4) is 0 Å². The van der Waals surface area contributed by atoms with E-state index in [2.05, 4.69) is 5.32 Å². The van der Waals surface area contributed by atoms with Crippen LogP contribution in [0.5, 0.6) is 0 Å². The predicted octanol–water partition coefficient (Wildman–Crippen LogP) is 4.06. The molecule has 0 aromatic heterocycles. The number of urea groups is 1. The molecule has 110 valence electrons. The van der Waals surface area contributed by atoms with Crippen LogP contribution >= 0.6 is 11.6 Å². The van der Waals surface area contributed by atoms with Crippen LogP contribution in [0.15, 0.2) is 24.3 Å². The molecular weight excluding hydrogens is 272 g/mol. The maximum atomic E-state index is 12.0. The second-order valence-electron chi connectivity index (χ2n) is 5.62. The van der Waals surface area contributed by atoms with Crippen LogP contribution in [0, 0.1) is 5.92 Å². The van der Waals surface area contributed by atoms with Crippen LogP contribution in [-0.2, 0) is 6.54 Å². The number of carbonyl (C=O) groups excluding carboxylic acids is 1. The van der Waals surface area contributed by atoms with Crippen molar-refractivity contribution in [3.05, 3.63) is 34.9 Å². The van der Waals surface area contributed by atoms with Crippen molar-refractivity contribution in [3.63, 3.8) is 0 Å². The van der Waals surface area contributed by atoms with E-state index in [4.69, 9.17) is 11.6 Å². The molecule has 0 radical (unpaired) electrons. The van der Waals surface area contributed by atoms with Gasteiger partial charge in [0, 0.05) is 25.2 Å². The van der Waals surface area contributed by atoms with Gasteiger partial charge in [-0.3, -0.25) is 0 Å². The normalized spacial score (nSPS) is 15.3. The predicted molar refractivity (Wildman–Crippen MR) is 82.9 cm³/mol. The molecule has 1 saturated carbocycles. The second kappa shape index (κ2) is 7.53. The largest absolute Gasteiger partial charge is 0.338 e. The van der Waals surface area contributed by atoms with Crippen molar-refractivity contribution in [2.45, 2.75) is 38.6 Å². The molecule has 0 atom stereocenters. The van der Waals surface area contributed by atoms with Crippen molar-refractivity contribution in [2.24, 2.45) is 5.92 Å². The average Bonchev–Trinajstić information content (AvgIpc) is 2.94. The summed E-state index contributed by atoms with van der Waals surface area (Å²) in [6.45, 7) is 1.31. The van der Waals surface area contributed by atoms with E-state index in [1.54, 1.807) is 11.9 Å². The Kier molecular flexibility index (Phi) is 5.72. The number of halogens is 1. The monoisotopic (exact) mass is 294 g/mol. The summed E-state index contributed by atoms with van der Waals surface area (Å²) < 4.78 is 0. The van der Waals surface area contributed by atoms with Gasteiger partial charge in [-0.25, -0.2) is 4.79 Å². The van der Waals surface area contributed by atoms with E-state index in [1.165, 1.54) is 25.7 Å². The van der Waals surface area contributed by atoms with Crippen LogP contribution in [0.4, 0.5) is 4.79 Å². The van der Waals surface area contributed by atoms with Gasteiger partial charge in [-0.05, 0) is 24.0 Å². The molecule has 0 unspecified atom stereocenters. The third kappa shape index (κ3) is 4.41. The Hall–Kier alpha value is -1.22. The Morgan fingerprint density at radius 3 is 2.75 bits per heavy atom. The molecule has 2 amide bonds. The number of hydrogen-bond acceptors (Lipinski definition) is 1. The minimum absolute atomic E-state index is 0.0251. The van der Waals surface area contributed by atoms with E-state index in [-0.39, 0.29) is 6.03 Å². The molecule has 1 aliphatic carbocycles. The van der Waals surface area contributed by atoms with E-state index in [1.807, 2.05) is 24.3 Å². The topological polar surface area (TPSA) is 32.3 Å².